The van der Waals surface area contributed by atoms with Crippen molar-refractivity contribution in [2.24, 2.45) is 7.05 Å². The van der Waals surface area contributed by atoms with Crippen molar-refractivity contribution in [3.8, 4) is 0 Å². The molecule has 0 aliphatic carbocycles. The fraction of sp³-hybridized carbons (Fsp3) is 0.377. The van der Waals surface area contributed by atoms with Crippen molar-refractivity contribution >= 4 is 56.5 Å². The zero-order chi connectivity index (χ0) is 46.3. The van der Waals surface area contributed by atoms with Crippen LogP contribution in [0.2, 0.25) is 0 Å². The summed E-state index contributed by atoms with van der Waals surface area (Å²) in [6.45, 7) is 8.92. The minimum absolute atomic E-state index is 0.214. The van der Waals surface area contributed by atoms with Crippen LogP contribution in [0.3, 0.4) is 0 Å². The van der Waals surface area contributed by atoms with Gasteiger partial charge in [0.15, 0.2) is 0 Å². The molecule has 2 aliphatic rings. The first-order chi connectivity index (χ1) is 32.8. The molecule has 346 valence electrons. The quantitative estimate of drug-likeness (QED) is 0.0378. The van der Waals surface area contributed by atoms with E-state index in [1.165, 1.54) is 9.80 Å². The maximum absolute atomic E-state index is 13.5. The zero-order valence-electron chi connectivity index (χ0n) is 38.9. The Bertz CT molecular complexity index is 2880. The van der Waals surface area contributed by atoms with E-state index in [2.05, 4.69) is 70.9 Å². The lowest BCUT2D eigenvalue weighted by Crippen LogP contribution is -2.42. The molecule has 67 heavy (non-hydrogen) atoms. The molecule has 14 heteroatoms. The lowest BCUT2D eigenvalue weighted by atomic mass is 9.93. The molecule has 0 spiro atoms. The molecule has 14 nitrogen and oxygen atoms in total. The summed E-state index contributed by atoms with van der Waals surface area (Å²) in [6, 6.07) is 19.2. The van der Waals surface area contributed by atoms with Crippen LogP contribution in [0.15, 0.2) is 117 Å². The monoisotopic (exact) mass is 904 g/mol. The van der Waals surface area contributed by atoms with Crippen molar-refractivity contribution in [2.45, 2.75) is 97.4 Å². The summed E-state index contributed by atoms with van der Waals surface area (Å²) in [5.41, 5.74) is 4.32. The van der Waals surface area contributed by atoms with Gasteiger partial charge in [0.25, 0.3) is 23.6 Å². The summed E-state index contributed by atoms with van der Waals surface area (Å²) in [7, 11) is 1.97. The number of anilines is 2. The smallest absolute Gasteiger partial charge is 0.261 e. The van der Waals surface area contributed by atoms with Gasteiger partial charge in [0.2, 0.25) is 19.0 Å². The normalized spacial score (nSPS) is 13.5. The summed E-state index contributed by atoms with van der Waals surface area (Å²) in [6.07, 6.45) is 28.4. The number of benzene rings is 4. The average molecular weight is 904 g/mol. The van der Waals surface area contributed by atoms with Gasteiger partial charge in [-0.3, -0.25) is 29.0 Å². The molecule has 9 rings (SSSR count). The molecule has 0 unspecified atom stereocenters. The van der Waals surface area contributed by atoms with Crippen molar-refractivity contribution in [3.05, 3.63) is 139 Å². The number of aromatic nitrogens is 6. The van der Waals surface area contributed by atoms with E-state index in [9.17, 15) is 19.2 Å². The molecule has 0 atom stereocenters. The fourth-order valence-corrected chi connectivity index (χ4v) is 9.77. The average Bonchev–Trinajstić information content (AvgIpc) is 4.11. The van der Waals surface area contributed by atoms with E-state index < -0.39 is 0 Å². The predicted octanol–water partition coefficient (Wildman–Crippen LogP) is 7.14. The highest BCUT2D eigenvalue weighted by molar-refractivity contribution is 6.27. The van der Waals surface area contributed by atoms with Crippen LogP contribution in [0.1, 0.15) is 106 Å². The largest absolute Gasteiger partial charge is 0.385 e. The lowest BCUT2D eigenvalue weighted by molar-refractivity contribution is -0.707. The van der Waals surface area contributed by atoms with Crippen molar-refractivity contribution < 1.29 is 32.9 Å². The topological polar surface area (TPSA) is 125 Å². The molecule has 0 saturated carbocycles. The molecule has 3 aromatic heterocycles. The van der Waals surface area contributed by atoms with Gasteiger partial charge in [-0.2, -0.15) is 0 Å². The third-order valence-corrected chi connectivity index (χ3v) is 13.3. The summed E-state index contributed by atoms with van der Waals surface area (Å²) in [5, 5.41) is 10.5. The van der Waals surface area contributed by atoms with Crippen LogP contribution in [0.25, 0.3) is 21.5 Å². The van der Waals surface area contributed by atoms with E-state index in [-0.39, 0.29) is 23.6 Å². The molecular formula is C53H63N10O4+3. The van der Waals surface area contributed by atoms with E-state index in [1.54, 1.807) is 0 Å². The fourth-order valence-electron chi connectivity index (χ4n) is 9.77. The van der Waals surface area contributed by atoms with E-state index >= 15 is 0 Å². The highest BCUT2D eigenvalue weighted by Gasteiger charge is 2.34. The highest BCUT2D eigenvalue weighted by atomic mass is 16.2. The molecule has 4 aromatic carbocycles. The van der Waals surface area contributed by atoms with E-state index in [0.717, 1.165) is 130 Å². The van der Waals surface area contributed by atoms with Gasteiger partial charge in [-0.1, -0.05) is 24.3 Å². The summed E-state index contributed by atoms with van der Waals surface area (Å²) in [5.74, 6) is -0.859. The number of amides is 4. The number of rotatable bonds is 24. The molecule has 4 amide bonds. The van der Waals surface area contributed by atoms with Crippen molar-refractivity contribution in [2.75, 3.05) is 36.8 Å². The first-order valence-corrected chi connectivity index (χ1v) is 24.2. The summed E-state index contributed by atoms with van der Waals surface area (Å²) < 4.78 is 13.2. The van der Waals surface area contributed by atoms with Crippen LogP contribution in [0, 0.1) is 0 Å². The Morgan fingerprint density at radius 2 is 0.925 bits per heavy atom. The molecule has 0 saturated heterocycles. The minimum Gasteiger partial charge on any atom is -0.385 e. The number of imide groups is 2. The number of hydrogen-bond donors (Lipinski definition) is 2. The second kappa shape index (κ2) is 20.6. The molecule has 0 radical (unpaired) electrons. The SMILES string of the molecule is CCN1C(=O)c2cccc3c(NCCCCCn4cc[n+](CCCC[n+]5ccn(CCCCCNc6ccc7c8c(cccc68)C(=O)N(CCC[n+]6ccn(C)c6)C7=O)c5)c4)ccc(c23)C1=O. The number of carbonyl (C=O) groups excluding carboxylic acids is 4. The lowest BCUT2D eigenvalue weighted by Gasteiger charge is -2.27. The Labute approximate surface area is 392 Å². The van der Waals surface area contributed by atoms with Gasteiger partial charge in [0.1, 0.15) is 37.2 Å². The van der Waals surface area contributed by atoms with Gasteiger partial charge < -0.3 is 10.6 Å². The van der Waals surface area contributed by atoms with Crippen LogP contribution in [0.4, 0.5) is 11.4 Å². The molecule has 5 heterocycles. The van der Waals surface area contributed by atoms with Gasteiger partial charge in [-0.15, -0.1) is 0 Å². The number of hydrogen-bond acceptors (Lipinski definition) is 6. The van der Waals surface area contributed by atoms with Crippen LogP contribution >= 0.6 is 0 Å². The number of imidazole rings is 3. The Hall–Kier alpha value is -7.09. The first-order valence-electron chi connectivity index (χ1n) is 24.2. The number of nitrogens with one attached hydrogen (secondary N) is 2. The number of aryl methyl sites for hydroxylation is 6. The second-order valence-electron chi connectivity index (χ2n) is 18.0. The summed E-state index contributed by atoms with van der Waals surface area (Å²) >= 11 is 0. The van der Waals surface area contributed by atoms with Crippen LogP contribution in [-0.2, 0) is 39.8 Å². The number of unbranched alkanes of at least 4 members (excludes halogenated alkanes) is 5. The maximum atomic E-state index is 13.5. The Morgan fingerprint density at radius 1 is 0.463 bits per heavy atom. The van der Waals surface area contributed by atoms with E-state index in [0.29, 0.717) is 41.8 Å². The second-order valence-corrected chi connectivity index (χ2v) is 18.0. The van der Waals surface area contributed by atoms with E-state index in [4.69, 9.17) is 0 Å². The Morgan fingerprint density at radius 3 is 1.42 bits per heavy atom. The molecule has 0 bridgehead atoms. The van der Waals surface area contributed by atoms with Gasteiger partial charge in [-0.05, 0) is 94.7 Å². The van der Waals surface area contributed by atoms with Gasteiger partial charge in [0.05, 0.1) is 39.8 Å². The van der Waals surface area contributed by atoms with Crippen LogP contribution < -0.4 is 24.3 Å². The molecule has 2 N–H and O–H groups in total. The zero-order valence-corrected chi connectivity index (χ0v) is 38.9. The third kappa shape index (κ3) is 9.89. The van der Waals surface area contributed by atoms with Crippen molar-refractivity contribution in [3.63, 3.8) is 0 Å². The Kier molecular flexibility index (Phi) is 13.9. The molecule has 2 aliphatic heterocycles. The molecular weight excluding hydrogens is 841 g/mol. The van der Waals surface area contributed by atoms with Gasteiger partial charge in [0, 0.05) is 87.8 Å². The number of nitrogens with zero attached hydrogens (tertiary/aromatic N) is 8. The van der Waals surface area contributed by atoms with Gasteiger partial charge >= 0.3 is 0 Å². The van der Waals surface area contributed by atoms with Gasteiger partial charge in [-0.25, -0.2) is 27.4 Å². The predicted molar refractivity (Wildman–Crippen MR) is 258 cm³/mol. The standard InChI is InChI=1S/C53H61N10O4/c1-3-62-50(64)42-17-12-15-40-46(21-19-44(48(40)42)51(62)65)54-23-6-4-8-25-58-33-35-60(38-58)27-10-11-28-61-36-34-59(39-61)26-9-5-7-24-55-47-22-20-45-49-41(47)16-13-18-43(49)52(66)63(53(45)67)30-14-29-57-32-31-56(2)37-57/h12-13,15-22,31-39H,3-11,14,23-30H2,1-2H3/q+1/p+2. The third-order valence-electron chi connectivity index (χ3n) is 13.3. The molecule has 0 fully saturated rings. The van der Waals surface area contributed by atoms with Crippen molar-refractivity contribution in [1.82, 2.24) is 23.5 Å². The Balaban J connectivity index is 0.637. The van der Waals surface area contributed by atoms with Crippen LogP contribution in [0.5, 0.6) is 0 Å². The maximum Gasteiger partial charge on any atom is 0.261 e. The highest BCUT2D eigenvalue weighted by Crippen LogP contribution is 2.36. The van der Waals surface area contributed by atoms with E-state index in [1.807, 2.05) is 97.9 Å². The number of carbonyl (C=O) groups is 4. The minimum atomic E-state index is -0.215. The van der Waals surface area contributed by atoms with Crippen molar-refractivity contribution in [1.29, 1.82) is 0 Å². The summed E-state index contributed by atoms with van der Waals surface area (Å²) in [4.78, 5) is 55.7. The first kappa shape index (κ1) is 45.1. The van der Waals surface area contributed by atoms with Crippen LogP contribution in [-0.4, -0.2) is 73.3 Å². The molecule has 7 aromatic rings.